The summed E-state index contributed by atoms with van der Waals surface area (Å²) < 4.78 is 12.7. The van der Waals surface area contributed by atoms with Crippen LogP contribution in [0.1, 0.15) is 52.7 Å². The zero-order valence-electron chi connectivity index (χ0n) is 26.8. The number of nitrogens with one attached hydrogen (secondary N) is 1. The first kappa shape index (κ1) is 32.7. The van der Waals surface area contributed by atoms with Crippen LogP contribution >= 0.6 is 23.2 Å². The van der Waals surface area contributed by atoms with Gasteiger partial charge >= 0.3 is 5.97 Å². The molecular formula is C38H32Cl2N4O4. The van der Waals surface area contributed by atoms with Crippen molar-refractivity contribution >= 4 is 51.8 Å². The predicted molar refractivity (Wildman–Crippen MR) is 189 cm³/mol. The molecule has 10 heteroatoms. The Labute approximate surface area is 288 Å². The summed E-state index contributed by atoms with van der Waals surface area (Å²) in [6.45, 7) is 6.85. The first-order chi connectivity index (χ1) is 23.0. The second-order valence-corrected chi connectivity index (χ2v) is 13.1. The van der Waals surface area contributed by atoms with Crippen molar-refractivity contribution in [3.8, 4) is 22.8 Å². The summed E-state index contributed by atoms with van der Waals surface area (Å²) in [7, 11) is 1.34. The Hall–Kier alpha value is -5.18. The fourth-order valence-electron chi connectivity index (χ4n) is 5.16. The monoisotopic (exact) mass is 678 g/mol. The van der Waals surface area contributed by atoms with Crippen LogP contribution in [-0.2, 0) is 16.7 Å². The molecule has 0 bridgehead atoms. The zero-order valence-corrected chi connectivity index (χ0v) is 28.3. The summed E-state index contributed by atoms with van der Waals surface area (Å²) in [5.74, 6) is 0.783. The molecule has 1 N–H and O–H groups in total. The molecule has 6 rings (SSSR count). The summed E-state index contributed by atoms with van der Waals surface area (Å²) in [6, 6.07) is 27.6. The van der Waals surface area contributed by atoms with Crippen molar-refractivity contribution in [3.05, 3.63) is 136 Å². The largest absolute Gasteiger partial charge is 0.465 e. The average molecular weight is 680 g/mol. The molecule has 0 aliphatic rings. The summed E-state index contributed by atoms with van der Waals surface area (Å²) in [5.41, 5.74) is 3.97. The number of aromatic nitrogens is 3. The van der Waals surface area contributed by atoms with E-state index in [2.05, 4.69) is 43.2 Å². The number of fused-ring (bicyclic) bond motifs is 1. The number of anilines is 1. The number of carbonyl (C=O) groups is 2. The lowest BCUT2D eigenvalue weighted by molar-refractivity contribution is 0.0600. The lowest BCUT2D eigenvalue weighted by atomic mass is 9.87. The lowest BCUT2D eigenvalue weighted by Crippen LogP contribution is -2.17. The average Bonchev–Trinajstić information content (AvgIpc) is 3.45. The van der Waals surface area contributed by atoms with Gasteiger partial charge in [-0.15, -0.1) is 0 Å². The highest BCUT2D eigenvalue weighted by Crippen LogP contribution is 2.32. The third-order valence-corrected chi connectivity index (χ3v) is 8.37. The second kappa shape index (κ2) is 13.5. The Morgan fingerprint density at radius 3 is 2.27 bits per heavy atom. The number of rotatable bonds is 8. The van der Waals surface area contributed by atoms with Gasteiger partial charge in [0.2, 0.25) is 5.95 Å². The van der Waals surface area contributed by atoms with Gasteiger partial charge in [0.15, 0.2) is 0 Å². The summed E-state index contributed by atoms with van der Waals surface area (Å²) in [4.78, 5) is 34.7. The highest BCUT2D eigenvalue weighted by atomic mass is 35.5. The lowest BCUT2D eigenvalue weighted by Gasteiger charge is -2.19. The smallest absolute Gasteiger partial charge is 0.337 e. The van der Waals surface area contributed by atoms with Crippen molar-refractivity contribution in [2.45, 2.75) is 32.7 Å². The molecule has 0 atom stereocenters. The Kier molecular flexibility index (Phi) is 9.22. The van der Waals surface area contributed by atoms with E-state index in [1.54, 1.807) is 53.4 Å². The van der Waals surface area contributed by atoms with Crippen LogP contribution in [0, 0.1) is 0 Å². The van der Waals surface area contributed by atoms with Crippen LogP contribution in [0.3, 0.4) is 0 Å². The topological polar surface area (TPSA) is 95.3 Å². The van der Waals surface area contributed by atoms with Crippen molar-refractivity contribution in [2.24, 2.45) is 0 Å². The van der Waals surface area contributed by atoms with E-state index in [1.165, 1.54) is 12.7 Å². The maximum absolute atomic E-state index is 13.6. The number of hydrogen-bond donors (Lipinski definition) is 1. The molecule has 0 fully saturated rings. The number of amides is 1. The number of carbonyl (C=O) groups excluding carboxylic acids is 2. The van der Waals surface area contributed by atoms with E-state index in [1.807, 2.05) is 42.5 Å². The van der Waals surface area contributed by atoms with E-state index in [-0.39, 0.29) is 17.1 Å². The van der Waals surface area contributed by atoms with E-state index in [4.69, 9.17) is 37.7 Å². The highest BCUT2D eigenvalue weighted by Gasteiger charge is 2.18. The van der Waals surface area contributed by atoms with E-state index in [0.29, 0.717) is 39.2 Å². The molecule has 0 aliphatic carbocycles. The molecule has 8 nitrogen and oxygen atoms in total. The van der Waals surface area contributed by atoms with Crippen molar-refractivity contribution in [3.63, 3.8) is 0 Å². The standard InChI is InChI=1S/C38H32Cl2N4O4/c1-38(2,3)27-10-14-29(15-11-27)48-30-13-9-25-20-41-33(18-26(25)17-30)35(45)43-37-42-34(31-16-12-28(39)19-32(31)40)22-44(37)21-23-5-7-24(8-6-23)36(46)47-4/h5-20,22H,21H2,1-4H3,(H,42,43,45). The van der Waals surface area contributed by atoms with Crippen LogP contribution in [0.15, 0.2) is 103 Å². The number of imidazole rings is 1. The van der Waals surface area contributed by atoms with Gasteiger partial charge in [-0.2, -0.15) is 0 Å². The number of nitrogens with zero attached hydrogens (tertiary/aromatic N) is 3. The Morgan fingerprint density at radius 1 is 0.854 bits per heavy atom. The minimum absolute atomic E-state index is 0.0460. The summed E-state index contributed by atoms with van der Waals surface area (Å²) in [5, 5.41) is 5.49. The van der Waals surface area contributed by atoms with Crippen LogP contribution in [0.25, 0.3) is 22.0 Å². The molecule has 2 aromatic heterocycles. The third-order valence-electron chi connectivity index (χ3n) is 7.82. The number of halogens is 2. The van der Waals surface area contributed by atoms with Crippen LogP contribution < -0.4 is 10.1 Å². The molecule has 0 radical (unpaired) electrons. The van der Waals surface area contributed by atoms with Crippen LogP contribution in [-0.4, -0.2) is 33.5 Å². The molecule has 0 spiro atoms. The van der Waals surface area contributed by atoms with Gasteiger partial charge in [0.1, 0.15) is 17.2 Å². The van der Waals surface area contributed by atoms with Gasteiger partial charge in [0, 0.05) is 28.4 Å². The normalized spacial score (nSPS) is 11.4. The van der Waals surface area contributed by atoms with Gasteiger partial charge in [0.05, 0.1) is 29.9 Å². The molecule has 1 amide bonds. The van der Waals surface area contributed by atoms with E-state index in [0.717, 1.165) is 22.1 Å². The molecule has 0 saturated carbocycles. The molecule has 0 unspecified atom stereocenters. The SMILES string of the molecule is COC(=O)c1ccc(Cn2cc(-c3ccc(Cl)cc3Cl)nc2NC(=O)c2cc3cc(Oc4ccc(C(C)(C)C)cc4)ccc3cn2)cc1. The Bertz CT molecular complexity index is 2140. The number of benzene rings is 4. The minimum atomic E-state index is -0.442. The quantitative estimate of drug-likeness (QED) is 0.161. The minimum Gasteiger partial charge on any atom is -0.465 e. The van der Waals surface area contributed by atoms with E-state index in [9.17, 15) is 9.59 Å². The third kappa shape index (κ3) is 7.35. The maximum atomic E-state index is 13.6. The molecule has 2 heterocycles. The summed E-state index contributed by atoms with van der Waals surface area (Å²) >= 11 is 12.6. The number of ether oxygens (including phenoxy) is 2. The number of esters is 1. The van der Waals surface area contributed by atoms with E-state index >= 15 is 0 Å². The first-order valence-corrected chi connectivity index (χ1v) is 15.9. The fraction of sp³-hybridized carbons (Fsp3) is 0.158. The first-order valence-electron chi connectivity index (χ1n) is 15.2. The van der Waals surface area contributed by atoms with Crippen LogP contribution in [0.2, 0.25) is 10.0 Å². The van der Waals surface area contributed by atoms with Crippen LogP contribution in [0.5, 0.6) is 11.5 Å². The maximum Gasteiger partial charge on any atom is 0.337 e. The molecule has 242 valence electrons. The molecule has 0 saturated heterocycles. The van der Waals surface area contributed by atoms with Gasteiger partial charge < -0.3 is 14.0 Å². The van der Waals surface area contributed by atoms with Crippen molar-refractivity contribution in [1.29, 1.82) is 0 Å². The number of hydrogen-bond acceptors (Lipinski definition) is 6. The highest BCUT2D eigenvalue weighted by molar-refractivity contribution is 6.36. The van der Waals surface area contributed by atoms with Crippen LogP contribution in [0.4, 0.5) is 5.95 Å². The number of pyridine rings is 1. The van der Waals surface area contributed by atoms with Crippen molar-refractivity contribution < 1.29 is 19.1 Å². The van der Waals surface area contributed by atoms with Gasteiger partial charge in [-0.1, -0.05) is 68.2 Å². The molecule has 48 heavy (non-hydrogen) atoms. The van der Waals surface area contributed by atoms with Gasteiger partial charge in [-0.3, -0.25) is 15.1 Å². The predicted octanol–water partition coefficient (Wildman–Crippen LogP) is 9.58. The van der Waals surface area contributed by atoms with Gasteiger partial charge in [-0.25, -0.2) is 9.78 Å². The van der Waals surface area contributed by atoms with Gasteiger partial charge in [-0.05, 0) is 88.7 Å². The second-order valence-electron chi connectivity index (χ2n) is 12.3. The molecule has 6 aromatic rings. The van der Waals surface area contributed by atoms with Gasteiger partial charge in [0.25, 0.3) is 5.91 Å². The van der Waals surface area contributed by atoms with Crippen molar-refractivity contribution in [1.82, 2.24) is 14.5 Å². The Balaban J connectivity index is 1.27. The van der Waals surface area contributed by atoms with Crippen molar-refractivity contribution in [2.75, 3.05) is 12.4 Å². The molecule has 0 aliphatic heterocycles. The molecule has 4 aromatic carbocycles. The zero-order chi connectivity index (χ0) is 34.0. The summed E-state index contributed by atoms with van der Waals surface area (Å²) in [6.07, 6.45) is 3.45. The number of methoxy groups -OCH3 is 1. The fourth-order valence-corrected chi connectivity index (χ4v) is 5.66. The molecular weight excluding hydrogens is 647 g/mol. The van der Waals surface area contributed by atoms with E-state index < -0.39 is 11.9 Å². The Morgan fingerprint density at radius 2 is 1.58 bits per heavy atom.